The minimum absolute atomic E-state index is 0.261. The minimum atomic E-state index is -2.55. The van der Waals surface area contributed by atoms with Gasteiger partial charge in [-0.3, -0.25) is 0 Å². The van der Waals surface area contributed by atoms with Crippen molar-refractivity contribution in [1.29, 1.82) is 0 Å². The third-order valence-corrected chi connectivity index (χ3v) is 3.60. The van der Waals surface area contributed by atoms with E-state index in [-0.39, 0.29) is 5.76 Å². The number of aromatic nitrogens is 1. The van der Waals surface area contributed by atoms with Gasteiger partial charge in [-0.1, -0.05) is 5.16 Å². The SMILES string of the molecule is Cc1c(C2C3CNCC32)noc1C(F)F. The monoisotopic (exact) mass is 214 g/mol. The van der Waals surface area contributed by atoms with Gasteiger partial charge in [0.15, 0.2) is 0 Å². The zero-order chi connectivity index (χ0) is 10.6. The van der Waals surface area contributed by atoms with Crippen molar-refractivity contribution in [3.05, 3.63) is 17.0 Å². The summed E-state index contributed by atoms with van der Waals surface area (Å²) in [4.78, 5) is 0. The molecule has 0 spiro atoms. The van der Waals surface area contributed by atoms with Crippen LogP contribution in [0.25, 0.3) is 0 Å². The van der Waals surface area contributed by atoms with E-state index in [1.165, 1.54) is 0 Å². The first-order valence-corrected chi connectivity index (χ1v) is 5.15. The fourth-order valence-corrected chi connectivity index (χ4v) is 2.70. The number of halogens is 2. The zero-order valence-corrected chi connectivity index (χ0v) is 8.34. The standard InChI is InChI=1S/C10H12F2N2O/c1-4-8(14-15-9(4)10(11)12)7-5-2-13-3-6(5)7/h5-7,10,13H,2-3H2,1H3. The Balaban J connectivity index is 1.88. The van der Waals surface area contributed by atoms with Gasteiger partial charge in [0.2, 0.25) is 5.76 Å². The molecular formula is C10H12F2N2O. The molecule has 3 nitrogen and oxygen atoms in total. The normalized spacial score (nSPS) is 33.5. The Kier molecular flexibility index (Phi) is 1.86. The van der Waals surface area contributed by atoms with Crippen LogP contribution in [0.4, 0.5) is 8.78 Å². The zero-order valence-electron chi connectivity index (χ0n) is 8.34. The highest BCUT2D eigenvalue weighted by Crippen LogP contribution is 2.56. The van der Waals surface area contributed by atoms with E-state index in [4.69, 9.17) is 4.52 Å². The van der Waals surface area contributed by atoms with E-state index in [2.05, 4.69) is 10.5 Å². The highest BCUT2D eigenvalue weighted by Gasteiger charge is 2.55. The Labute approximate surface area is 85.8 Å². The van der Waals surface area contributed by atoms with Gasteiger partial charge in [-0.25, -0.2) is 8.78 Å². The maximum Gasteiger partial charge on any atom is 0.298 e. The van der Waals surface area contributed by atoms with Crippen LogP contribution in [0.3, 0.4) is 0 Å². The molecule has 1 saturated heterocycles. The number of hydrogen-bond acceptors (Lipinski definition) is 3. The van der Waals surface area contributed by atoms with E-state index in [0.29, 0.717) is 23.3 Å². The molecule has 0 aromatic carbocycles. The molecule has 2 heterocycles. The molecule has 1 aliphatic carbocycles. The maximum absolute atomic E-state index is 12.5. The number of nitrogens with zero attached hydrogens (tertiary/aromatic N) is 1. The van der Waals surface area contributed by atoms with Crippen LogP contribution < -0.4 is 5.32 Å². The van der Waals surface area contributed by atoms with Crippen molar-refractivity contribution in [2.45, 2.75) is 19.3 Å². The van der Waals surface area contributed by atoms with Crippen molar-refractivity contribution in [2.24, 2.45) is 11.8 Å². The van der Waals surface area contributed by atoms with Gasteiger partial charge < -0.3 is 9.84 Å². The molecule has 1 aliphatic heterocycles. The maximum atomic E-state index is 12.5. The van der Waals surface area contributed by atoms with Crippen molar-refractivity contribution in [3.8, 4) is 0 Å². The van der Waals surface area contributed by atoms with Gasteiger partial charge in [0.1, 0.15) is 0 Å². The Morgan fingerprint density at radius 3 is 2.60 bits per heavy atom. The molecule has 1 aromatic rings. The first-order chi connectivity index (χ1) is 7.20. The van der Waals surface area contributed by atoms with Crippen LogP contribution in [0.1, 0.15) is 29.4 Å². The van der Waals surface area contributed by atoms with Crippen LogP contribution >= 0.6 is 0 Å². The minimum Gasteiger partial charge on any atom is -0.355 e. The number of hydrogen-bond donors (Lipinski definition) is 1. The van der Waals surface area contributed by atoms with E-state index < -0.39 is 6.43 Å². The van der Waals surface area contributed by atoms with Crippen LogP contribution in [0.5, 0.6) is 0 Å². The quantitative estimate of drug-likeness (QED) is 0.816. The highest BCUT2D eigenvalue weighted by atomic mass is 19.3. The molecule has 0 bridgehead atoms. The molecular weight excluding hydrogens is 202 g/mol. The third kappa shape index (κ3) is 1.22. The lowest BCUT2D eigenvalue weighted by atomic mass is 10.1. The number of rotatable bonds is 2. The summed E-state index contributed by atoms with van der Waals surface area (Å²) in [5.74, 6) is 1.25. The smallest absolute Gasteiger partial charge is 0.298 e. The van der Waals surface area contributed by atoms with Crippen molar-refractivity contribution < 1.29 is 13.3 Å². The molecule has 1 N–H and O–H groups in total. The second-order valence-corrected chi connectivity index (χ2v) is 4.37. The van der Waals surface area contributed by atoms with Gasteiger partial charge >= 0.3 is 0 Å². The van der Waals surface area contributed by atoms with Crippen molar-refractivity contribution in [2.75, 3.05) is 13.1 Å². The molecule has 2 aliphatic rings. The van der Waals surface area contributed by atoms with Gasteiger partial charge in [0.25, 0.3) is 6.43 Å². The van der Waals surface area contributed by atoms with Crippen LogP contribution in [0, 0.1) is 18.8 Å². The molecule has 15 heavy (non-hydrogen) atoms. The van der Waals surface area contributed by atoms with E-state index in [1.807, 2.05) is 0 Å². The summed E-state index contributed by atoms with van der Waals surface area (Å²) in [5, 5.41) is 7.06. The molecule has 2 unspecified atom stereocenters. The van der Waals surface area contributed by atoms with Crippen LogP contribution in [0.15, 0.2) is 4.52 Å². The number of piperidine rings is 1. The highest BCUT2D eigenvalue weighted by molar-refractivity contribution is 5.32. The topological polar surface area (TPSA) is 38.1 Å². The van der Waals surface area contributed by atoms with Crippen molar-refractivity contribution in [1.82, 2.24) is 10.5 Å². The summed E-state index contributed by atoms with van der Waals surface area (Å²) in [6, 6.07) is 0. The number of fused-ring (bicyclic) bond motifs is 1. The summed E-state index contributed by atoms with van der Waals surface area (Å²) >= 11 is 0. The summed E-state index contributed by atoms with van der Waals surface area (Å²) < 4.78 is 29.6. The lowest BCUT2D eigenvalue weighted by molar-refractivity contribution is 0.111. The summed E-state index contributed by atoms with van der Waals surface area (Å²) in [5.41, 5.74) is 1.30. The van der Waals surface area contributed by atoms with E-state index in [0.717, 1.165) is 18.8 Å². The molecule has 2 atom stereocenters. The molecule has 82 valence electrons. The Bertz CT molecular complexity index is 381. The van der Waals surface area contributed by atoms with Crippen LogP contribution in [-0.4, -0.2) is 18.2 Å². The second-order valence-electron chi connectivity index (χ2n) is 4.37. The van der Waals surface area contributed by atoms with E-state index in [1.54, 1.807) is 6.92 Å². The first-order valence-electron chi connectivity index (χ1n) is 5.15. The molecule has 3 rings (SSSR count). The summed E-state index contributed by atoms with van der Waals surface area (Å²) in [6.07, 6.45) is -2.55. The molecule has 0 amide bonds. The molecule has 2 fully saturated rings. The first kappa shape index (κ1) is 9.27. The number of nitrogens with one attached hydrogen (secondary N) is 1. The van der Waals surface area contributed by atoms with Gasteiger partial charge in [-0.2, -0.15) is 0 Å². The average molecular weight is 214 g/mol. The average Bonchev–Trinajstić information content (AvgIpc) is 2.63. The predicted molar refractivity (Wildman–Crippen MR) is 48.8 cm³/mol. The molecule has 1 aromatic heterocycles. The van der Waals surface area contributed by atoms with Crippen LogP contribution in [-0.2, 0) is 0 Å². The Hall–Kier alpha value is -0.970. The molecule has 0 radical (unpaired) electrons. The lowest BCUT2D eigenvalue weighted by Crippen LogP contribution is -2.14. The fourth-order valence-electron chi connectivity index (χ4n) is 2.70. The van der Waals surface area contributed by atoms with E-state index >= 15 is 0 Å². The van der Waals surface area contributed by atoms with Crippen LogP contribution in [0.2, 0.25) is 0 Å². The lowest BCUT2D eigenvalue weighted by Gasteiger charge is -2.01. The Morgan fingerprint density at radius 2 is 2.07 bits per heavy atom. The predicted octanol–water partition coefficient (Wildman–Crippen LogP) is 1.85. The van der Waals surface area contributed by atoms with Crippen molar-refractivity contribution >= 4 is 0 Å². The molecule has 5 heteroatoms. The fraction of sp³-hybridized carbons (Fsp3) is 0.700. The molecule has 1 saturated carbocycles. The summed E-state index contributed by atoms with van der Waals surface area (Å²) in [6.45, 7) is 3.63. The van der Waals surface area contributed by atoms with Crippen molar-refractivity contribution in [3.63, 3.8) is 0 Å². The third-order valence-electron chi connectivity index (χ3n) is 3.60. The summed E-state index contributed by atoms with van der Waals surface area (Å²) in [7, 11) is 0. The van der Waals surface area contributed by atoms with Gasteiger partial charge in [0.05, 0.1) is 5.69 Å². The Morgan fingerprint density at radius 1 is 1.40 bits per heavy atom. The van der Waals surface area contributed by atoms with Gasteiger partial charge in [0, 0.05) is 11.5 Å². The second kappa shape index (κ2) is 3.01. The van der Waals surface area contributed by atoms with Gasteiger partial charge in [-0.15, -0.1) is 0 Å². The number of alkyl halides is 2. The van der Waals surface area contributed by atoms with Gasteiger partial charge in [-0.05, 0) is 31.8 Å². The van der Waals surface area contributed by atoms with E-state index in [9.17, 15) is 8.78 Å². The largest absolute Gasteiger partial charge is 0.355 e.